The molecule has 1 N–H and O–H groups in total. The molecule has 0 bridgehead atoms. The third-order valence-electron chi connectivity index (χ3n) is 3.39. The number of furan rings is 1. The van der Waals surface area contributed by atoms with Crippen molar-refractivity contribution in [3.05, 3.63) is 59.0 Å². The molecule has 0 fully saturated rings. The van der Waals surface area contributed by atoms with Crippen molar-refractivity contribution in [1.82, 2.24) is 5.32 Å². The van der Waals surface area contributed by atoms with Crippen molar-refractivity contribution >= 4 is 0 Å². The van der Waals surface area contributed by atoms with E-state index < -0.39 is 17.8 Å². The average molecular weight is 297 g/mol. The van der Waals surface area contributed by atoms with E-state index in [4.69, 9.17) is 4.42 Å². The highest BCUT2D eigenvalue weighted by Crippen LogP contribution is 2.37. The first kappa shape index (κ1) is 15.6. The Morgan fingerprint density at radius 3 is 2.43 bits per heavy atom. The molecule has 1 aromatic carbocycles. The smallest absolute Gasteiger partial charge is 0.416 e. The van der Waals surface area contributed by atoms with Crippen molar-refractivity contribution < 1.29 is 17.6 Å². The van der Waals surface area contributed by atoms with Crippen molar-refractivity contribution in [2.24, 2.45) is 0 Å². The Morgan fingerprint density at radius 2 is 1.86 bits per heavy atom. The van der Waals surface area contributed by atoms with Gasteiger partial charge in [-0.1, -0.05) is 25.1 Å². The van der Waals surface area contributed by atoms with Crippen LogP contribution in [0.3, 0.4) is 0 Å². The second-order valence-corrected chi connectivity index (χ2v) is 4.90. The Labute approximate surface area is 122 Å². The molecule has 2 rings (SSSR count). The van der Waals surface area contributed by atoms with Gasteiger partial charge in [-0.25, -0.2) is 0 Å². The van der Waals surface area contributed by atoms with Crippen molar-refractivity contribution in [3.8, 4) is 0 Å². The molecular weight excluding hydrogens is 279 g/mol. The molecule has 1 unspecified atom stereocenters. The summed E-state index contributed by atoms with van der Waals surface area (Å²) in [6.07, 6.45) is -2.04. The molecule has 0 saturated heterocycles. The SMILES string of the molecule is CCCNC(c1ccccc1C(F)(F)F)c1ccoc1C. The van der Waals surface area contributed by atoms with Crippen LogP contribution in [0.25, 0.3) is 0 Å². The van der Waals surface area contributed by atoms with Gasteiger partial charge in [-0.3, -0.25) is 0 Å². The minimum Gasteiger partial charge on any atom is -0.469 e. The summed E-state index contributed by atoms with van der Waals surface area (Å²) in [5.74, 6) is 0.626. The van der Waals surface area contributed by atoms with Crippen LogP contribution in [0.2, 0.25) is 0 Å². The van der Waals surface area contributed by atoms with Crippen molar-refractivity contribution in [2.75, 3.05) is 6.54 Å². The molecule has 2 nitrogen and oxygen atoms in total. The summed E-state index contributed by atoms with van der Waals surface area (Å²) in [5.41, 5.74) is 0.349. The van der Waals surface area contributed by atoms with Crippen LogP contribution in [-0.2, 0) is 6.18 Å². The van der Waals surface area contributed by atoms with Crippen LogP contribution in [0.5, 0.6) is 0 Å². The van der Waals surface area contributed by atoms with Gasteiger partial charge in [0.05, 0.1) is 17.9 Å². The summed E-state index contributed by atoms with van der Waals surface area (Å²) in [4.78, 5) is 0. The van der Waals surface area contributed by atoms with E-state index in [0.29, 0.717) is 12.3 Å². The standard InChI is InChI=1S/C16H18F3NO/c1-3-9-20-15(12-8-10-21-11(12)2)13-6-4-5-7-14(13)16(17,18)19/h4-8,10,15,20H,3,9H2,1-2H3. The summed E-state index contributed by atoms with van der Waals surface area (Å²) in [6.45, 7) is 4.36. The molecule has 5 heteroatoms. The van der Waals surface area contributed by atoms with E-state index in [1.54, 1.807) is 19.1 Å². The zero-order chi connectivity index (χ0) is 15.5. The number of halogens is 3. The molecule has 0 saturated carbocycles. The first-order chi connectivity index (χ1) is 9.95. The highest BCUT2D eigenvalue weighted by atomic mass is 19.4. The molecule has 0 spiro atoms. The van der Waals surface area contributed by atoms with Gasteiger partial charge in [0.25, 0.3) is 0 Å². The molecule has 1 aromatic heterocycles. The van der Waals surface area contributed by atoms with Gasteiger partial charge in [0.15, 0.2) is 0 Å². The lowest BCUT2D eigenvalue weighted by Crippen LogP contribution is -2.26. The van der Waals surface area contributed by atoms with E-state index in [1.165, 1.54) is 18.4 Å². The number of hydrogen-bond acceptors (Lipinski definition) is 2. The molecule has 1 atom stereocenters. The quantitative estimate of drug-likeness (QED) is 0.865. The molecule has 2 aromatic rings. The Morgan fingerprint density at radius 1 is 1.14 bits per heavy atom. The van der Waals surface area contributed by atoms with E-state index in [9.17, 15) is 13.2 Å². The van der Waals surface area contributed by atoms with Gasteiger partial charge in [0.2, 0.25) is 0 Å². The Bertz CT molecular complexity index is 589. The number of nitrogens with one attached hydrogen (secondary N) is 1. The van der Waals surface area contributed by atoms with Crippen LogP contribution < -0.4 is 5.32 Å². The second-order valence-electron chi connectivity index (χ2n) is 4.90. The van der Waals surface area contributed by atoms with Gasteiger partial charge in [0.1, 0.15) is 5.76 Å². The minimum atomic E-state index is -4.37. The van der Waals surface area contributed by atoms with Crippen LogP contribution in [-0.4, -0.2) is 6.54 Å². The molecule has 0 aliphatic carbocycles. The molecule has 0 radical (unpaired) electrons. The third-order valence-corrected chi connectivity index (χ3v) is 3.39. The molecule has 21 heavy (non-hydrogen) atoms. The number of alkyl halides is 3. The predicted molar refractivity (Wildman–Crippen MR) is 75.0 cm³/mol. The Balaban J connectivity index is 2.50. The lowest BCUT2D eigenvalue weighted by molar-refractivity contribution is -0.138. The second kappa shape index (κ2) is 6.35. The topological polar surface area (TPSA) is 25.2 Å². The lowest BCUT2D eigenvalue weighted by atomic mass is 9.94. The van der Waals surface area contributed by atoms with Crippen LogP contribution in [0.4, 0.5) is 13.2 Å². The fourth-order valence-electron chi connectivity index (χ4n) is 2.38. The van der Waals surface area contributed by atoms with Crippen LogP contribution in [0.1, 0.15) is 41.8 Å². The normalized spacial score (nSPS) is 13.4. The molecule has 0 aliphatic heterocycles. The van der Waals surface area contributed by atoms with Crippen molar-refractivity contribution in [2.45, 2.75) is 32.5 Å². The number of benzene rings is 1. The summed E-state index contributed by atoms with van der Waals surface area (Å²) >= 11 is 0. The van der Waals surface area contributed by atoms with Crippen LogP contribution in [0, 0.1) is 6.92 Å². The minimum absolute atomic E-state index is 0.225. The van der Waals surface area contributed by atoms with Gasteiger partial charge < -0.3 is 9.73 Å². The van der Waals surface area contributed by atoms with E-state index in [-0.39, 0.29) is 5.56 Å². The monoisotopic (exact) mass is 297 g/mol. The van der Waals surface area contributed by atoms with E-state index in [1.807, 2.05) is 6.92 Å². The van der Waals surface area contributed by atoms with Gasteiger partial charge in [-0.15, -0.1) is 0 Å². The van der Waals surface area contributed by atoms with Crippen LogP contribution in [0.15, 0.2) is 41.0 Å². The Kier molecular flexibility index (Phi) is 4.73. The average Bonchev–Trinajstić information content (AvgIpc) is 2.85. The zero-order valence-corrected chi connectivity index (χ0v) is 12.0. The maximum atomic E-state index is 13.2. The van der Waals surface area contributed by atoms with E-state index >= 15 is 0 Å². The fraction of sp³-hybridized carbons (Fsp3) is 0.375. The number of hydrogen-bond donors (Lipinski definition) is 1. The molecule has 114 valence electrons. The molecule has 1 heterocycles. The van der Waals surface area contributed by atoms with Gasteiger partial charge >= 0.3 is 6.18 Å². The third kappa shape index (κ3) is 3.47. The predicted octanol–water partition coefficient (Wildman–Crippen LogP) is 4.70. The molecule has 0 aliphatic rings. The van der Waals surface area contributed by atoms with E-state index in [2.05, 4.69) is 5.32 Å². The summed E-state index contributed by atoms with van der Waals surface area (Å²) in [5, 5.41) is 3.18. The highest BCUT2D eigenvalue weighted by Gasteiger charge is 2.35. The van der Waals surface area contributed by atoms with Crippen molar-refractivity contribution in [1.29, 1.82) is 0 Å². The Hall–Kier alpha value is -1.75. The molecular formula is C16H18F3NO. The number of aryl methyl sites for hydroxylation is 1. The molecule has 0 amide bonds. The fourth-order valence-corrected chi connectivity index (χ4v) is 2.38. The lowest BCUT2D eigenvalue weighted by Gasteiger charge is -2.22. The maximum Gasteiger partial charge on any atom is 0.416 e. The van der Waals surface area contributed by atoms with Crippen LogP contribution >= 0.6 is 0 Å². The van der Waals surface area contributed by atoms with Gasteiger partial charge in [-0.2, -0.15) is 13.2 Å². The summed E-state index contributed by atoms with van der Waals surface area (Å²) in [6, 6.07) is 6.86. The van der Waals surface area contributed by atoms with Crippen molar-refractivity contribution in [3.63, 3.8) is 0 Å². The largest absolute Gasteiger partial charge is 0.469 e. The maximum absolute atomic E-state index is 13.2. The van der Waals surface area contributed by atoms with E-state index in [0.717, 1.165) is 18.1 Å². The highest BCUT2D eigenvalue weighted by molar-refractivity contribution is 5.39. The van der Waals surface area contributed by atoms with Gasteiger partial charge in [-0.05, 0) is 37.6 Å². The van der Waals surface area contributed by atoms with Gasteiger partial charge in [0, 0.05) is 5.56 Å². The number of rotatable bonds is 5. The zero-order valence-electron chi connectivity index (χ0n) is 12.0. The first-order valence-corrected chi connectivity index (χ1v) is 6.88. The summed E-state index contributed by atoms with van der Waals surface area (Å²) < 4.78 is 44.9. The first-order valence-electron chi connectivity index (χ1n) is 6.88. The summed E-state index contributed by atoms with van der Waals surface area (Å²) in [7, 11) is 0.